The van der Waals surface area contributed by atoms with Crippen LogP contribution in [0.1, 0.15) is 24.2 Å². The van der Waals surface area contributed by atoms with E-state index in [2.05, 4.69) is 5.10 Å². The van der Waals surface area contributed by atoms with Crippen LogP contribution >= 0.6 is 0 Å². The number of hydrogen-bond donors (Lipinski definition) is 0. The van der Waals surface area contributed by atoms with Crippen LogP contribution in [0.15, 0.2) is 35.2 Å². The number of aryl methyl sites for hydroxylation is 2. The molecule has 1 aromatic carbocycles. The largest absolute Gasteiger partial charge is 0.311 e. The molecule has 0 saturated carbocycles. The highest BCUT2D eigenvalue weighted by Crippen LogP contribution is 2.44. The summed E-state index contributed by atoms with van der Waals surface area (Å²) >= 11 is 0. The Bertz CT molecular complexity index is 989. The van der Waals surface area contributed by atoms with Crippen molar-refractivity contribution in [1.82, 2.24) is 14.1 Å². The van der Waals surface area contributed by atoms with E-state index in [0.717, 1.165) is 5.69 Å². The van der Waals surface area contributed by atoms with Gasteiger partial charge in [-0.3, -0.25) is 9.48 Å². The van der Waals surface area contributed by atoms with Gasteiger partial charge in [-0.15, -0.1) is 0 Å². The molecular weight excluding hydrogens is 364 g/mol. The van der Waals surface area contributed by atoms with Crippen molar-refractivity contribution in [3.8, 4) is 0 Å². The molecule has 7 nitrogen and oxygen atoms in total. The van der Waals surface area contributed by atoms with Crippen LogP contribution in [0, 0.1) is 19.3 Å². The molecule has 2 aliphatic rings. The van der Waals surface area contributed by atoms with Gasteiger partial charge in [0.1, 0.15) is 4.90 Å². The van der Waals surface area contributed by atoms with Gasteiger partial charge in [-0.2, -0.15) is 9.40 Å². The molecule has 2 fully saturated rings. The zero-order valence-electron chi connectivity index (χ0n) is 15.8. The van der Waals surface area contributed by atoms with Crippen LogP contribution in [0.25, 0.3) is 0 Å². The molecule has 1 amide bonds. The zero-order valence-corrected chi connectivity index (χ0v) is 16.7. The summed E-state index contributed by atoms with van der Waals surface area (Å²) in [5, 5.41) is 4.23. The number of para-hydroxylation sites is 1. The van der Waals surface area contributed by atoms with Crippen molar-refractivity contribution in [2.75, 3.05) is 24.5 Å². The molecular formula is C19H24N4O3S. The zero-order chi connectivity index (χ0) is 19.4. The predicted molar refractivity (Wildman–Crippen MR) is 102 cm³/mol. The van der Waals surface area contributed by atoms with Gasteiger partial charge in [0.2, 0.25) is 15.9 Å². The smallest absolute Gasteiger partial charge is 0.246 e. The Kier molecular flexibility index (Phi) is 4.16. The van der Waals surface area contributed by atoms with E-state index in [1.54, 1.807) is 30.5 Å². The molecule has 0 radical (unpaired) electrons. The first-order valence-electron chi connectivity index (χ1n) is 9.14. The number of β-lactam (4-membered cyclic amide) rings is 1. The number of carbonyl (C=O) groups excluding carboxylic acids is 1. The average Bonchev–Trinajstić information content (AvgIpc) is 2.92. The monoisotopic (exact) mass is 388 g/mol. The van der Waals surface area contributed by atoms with Crippen molar-refractivity contribution in [1.29, 1.82) is 0 Å². The van der Waals surface area contributed by atoms with Crippen molar-refractivity contribution in [3.05, 3.63) is 41.7 Å². The van der Waals surface area contributed by atoms with Gasteiger partial charge in [-0.1, -0.05) is 18.2 Å². The molecule has 1 spiro atoms. The van der Waals surface area contributed by atoms with E-state index in [1.807, 2.05) is 30.3 Å². The number of hydrogen-bond acceptors (Lipinski definition) is 4. The number of amides is 1. The molecule has 0 aliphatic carbocycles. The quantitative estimate of drug-likeness (QED) is 0.752. The number of rotatable bonds is 3. The third-order valence-corrected chi connectivity index (χ3v) is 8.10. The van der Waals surface area contributed by atoms with Crippen LogP contribution in [-0.2, 0) is 21.9 Å². The minimum absolute atomic E-state index is 0.111. The summed E-state index contributed by atoms with van der Waals surface area (Å²) < 4.78 is 29.3. The molecule has 0 bridgehead atoms. The van der Waals surface area contributed by atoms with Gasteiger partial charge in [0.05, 0.1) is 16.8 Å². The van der Waals surface area contributed by atoms with E-state index in [-0.39, 0.29) is 5.91 Å². The highest BCUT2D eigenvalue weighted by molar-refractivity contribution is 7.89. The molecule has 2 aromatic rings. The van der Waals surface area contributed by atoms with E-state index >= 15 is 0 Å². The topological polar surface area (TPSA) is 75.5 Å². The van der Waals surface area contributed by atoms with E-state index in [9.17, 15) is 13.2 Å². The maximum Gasteiger partial charge on any atom is 0.246 e. The van der Waals surface area contributed by atoms with Crippen molar-refractivity contribution in [2.45, 2.75) is 31.6 Å². The minimum Gasteiger partial charge on any atom is -0.311 e. The number of sulfonamides is 1. The second kappa shape index (κ2) is 6.17. The summed E-state index contributed by atoms with van der Waals surface area (Å²) in [7, 11) is -1.85. The van der Waals surface area contributed by atoms with Crippen molar-refractivity contribution >= 4 is 21.6 Å². The lowest BCUT2D eigenvalue weighted by Crippen LogP contribution is -2.65. The highest BCUT2D eigenvalue weighted by Gasteiger charge is 2.54. The number of benzene rings is 1. The predicted octanol–water partition coefficient (Wildman–Crippen LogP) is 1.85. The number of piperidine rings is 1. The standard InChI is InChI=1S/C19H24N4O3S/c1-14-17(15(2)21(3)20-14)27(25,26)22-11-9-19(10-12-22)13-23(18(19)24)16-7-5-4-6-8-16/h4-8H,9-13H2,1-3H3. The fourth-order valence-corrected chi connectivity index (χ4v) is 6.08. The molecule has 0 atom stereocenters. The summed E-state index contributed by atoms with van der Waals surface area (Å²) in [5.74, 6) is 0.111. The van der Waals surface area contributed by atoms with Crippen LogP contribution in [0.4, 0.5) is 5.69 Å². The molecule has 0 N–H and O–H groups in total. The fourth-order valence-electron chi connectivity index (χ4n) is 4.24. The van der Waals surface area contributed by atoms with Crippen LogP contribution in [0.3, 0.4) is 0 Å². The first-order valence-corrected chi connectivity index (χ1v) is 10.6. The van der Waals surface area contributed by atoms with Crippen LogP contribution in [0.2, 0.25) is 0 Å². The lowest BCUT2D eigenvalue weighted by atomic mass is 9.71. The second-order valence-electron chi connectivity index (χ2n) is 7.53. The molecule has 1 aromatic heterocycles. The van der Waals surface area contributed by atoms with Gasteiger partial charge in [0.25, 0.3) is 0 Å². The number of nitrogens with zero attached hydrogens (tertiary/aromatic N) is 4. The Labute approximate surface area is 159 Å². The lowest BCUT2D eigenvalue weighted by molar-refractivity contribution is -0.137. The molecule has 2 aliphatic heterocycles. The lowest BCUT2D eigenvalue weighted by Gasteiger charge is -2.52. The summed E-state index contributed by atoms with van der Waals surface area (Å²) in [6.07, 6.45) is 1.12. The maximum atomic E-state index is 13.1. The molecule has 4 rings (SSSR count). The Morgan fingerprint density at radius 2 is 1.70 bits per heavy atom. The molecule has 144 valence electrons. The van der Waals surface area contributed by atoms with E-state index in [1.165, 1.54) is 4.31 Å². The van der Waals surface area contributed by atoms with Gasteiger partial charge in [0, 0.05) is 32.4 Å². The Balaban J connectivity index is 1.49. The highest BCUT2D eigenvalue weighted by atomic mass is 32.2. The van der Waals surface area contributed by atoms with E-state index < -0.39 is 15.4 Å². The van der Waals surface area contributed by atoms with Crippen molar-refractivity contribution in [2.24, 2.45) is 12.5 Å². The van der Waals surface area contributed by atoms with Crippen molar-refractivity contribution < 1.29 is 13.2 Å². The maximum absolute atomic E-state index is 13.1. The third-order valence-electron chi connectivity index (χ3n) is 5.95. The number of carbonyl (C=O) groups is 1. The Morgan fingerprint density at radius 1 is 1.07 bits per heavy atom. The van der Waals surface area contributed by atoms with Crippen molar-refractivity contribution in [3.63, 3.8) is 0 Å². The van der Waals surface area contributed by atoms with E-state index in [4.69, 9.17) is 0 Å². The Morgan fingerprint density at radius 3 is 2.22 bits per heavy atom. The van der Waals surface area contributed by atoms with Gasteiger partial charge >= 0.3 is 0 Å². The molecule has 2 saturated heterocycles. The number of anilines is 1. The normalized spacial score (nSPS) is 20.1. The molecule has 27 heavy (non-hydrogen) atoms. The minimum atomic E-state index is -3.59. The first kappa shape index (κ1) is 18.2. The van der Waals surface area contributed by atoms with E-state index in [0.29, 0.717) is 48.8 Å². The SMILES string of the molecule is Cc1nn(C)c(C)c1S(=O)(=O)N1CCC2(CC1)CN(c1ccccc1)C2=O. The fraction of sp³-hybridized carbons (Fsp3) is 0.474. The number of aromatic nitrogens is 2. The summed E-state index contributed by atoms with van der Waals surface area (Å²) in [4.78, 5) is 14.9. The molecule has 8 heteroatoms. The van der Waals surface area contributed by atoms with Crippen LogP contribution in [-0.4, -0.2) is 48.0 Å². The van der Waals surface area contributed by atoms with Gasteiger partial charge in [-0.25, -0.2) is 8.42 Å². The van der Waals surface area contributed by atoms with Gasteiger partial charge in [0.15, 0.2) is 0 Å². The summed E-state index contributed by atoms with van der Waals surface area (Å²) in [6.45, 7) is 4.88. The third kappa shape index (κ3) is 2.70. The van der Waals surface area contributed by atoms with Crippen LogP contribution < -0.4 is 4.90 Å². The van der Waals surface area contributed by atoms with Gasteiger partial charge in [-0.05, 0) is 38.8 Å². The Hall–Kier alpha value is -2.19. The molecule has 0 unspecified atom stereocenters. The second-order valence-corrected chi connectivity index (χ2v) is 9.41. The average molecular weight is 388 g/mol. The molecule has 3 heterocycles. The summed E-state index contributed by atoms with van der Waals surface area (Å²) in [6, 6.07) is 9.62. The van der Waals surface area contributed by atoms with Gasteiger partial charge < -0.3 is 4.90 Å². The first-order chi connectivity index (χ1) is 12.8. The van der Waals surface area contributed by atoms with Crippen LogP contribution in [0.5, 0.6) is 0 Å². The summed E-state index contributed by atoms with van der Waals surface area (Å²) in [5.41, 5.74) is 1.65.